The van der Waals surface area contributed by atoms with Crippen molar-refractivity contribution in [2.75, 3.05) is 21.3 Å². The number of ether oxygens (including phenoxy) is 3. The van der Waals surface area contributed by atoms with Gasteiger partial charge in [0.2, 0.25) is 0 Å². The van der Waals surface area contributed by atoms with Gasteiger partial charge in [-0.05, 0) is 43.4 Å². The highest BCUT2D eigenvalue weighted by molar-refractivity contribution is 5.68. The Morgan fingerprint density at radius 3 is 2.62 bits per heavy atom. The van der Waals surface area contributed by atoms with Gasteiger partial charge in [-0.15, -0.1) is 0 Å². The second-order valence-electron chi connectivity index (χ2n) is 6.12. The monoisotopic (exact) mass is 337 g/mol. The number of rotatable bonds is 7. The van der Waals surface area contributed by atoms with Gasteiger partial charge in [0, 0.05) is 18.5 Å². The van der Waals surface area contributed by atoms with Crippen LogP contribution in [0.25, 0.3) is 0 Å². The van der Waals surface area contributed by atoms with E-state index >= 15 is 0 Å². The van der Waals surface area contributed by atoms with Crippen LogP contribution in [0.15, 0.2) is 18.2 Å². The zero-order valence-corrected chi connectivity index (χ0v) is 14.6. The molecule has 1 aromatic carbocycles. The van der Waals surface area contributed by atoms with Crippen LogP contribution in [-0.4, -0.2) is 44.6 Å². The van der Waals surface area contributed by atoms with Gasteiger partial charge in [-0.25, -0.2) is 0 Å². The maximum Gasteiger partial charge on any atom is 0.305 e. The maximum absolute atomic E-state index is 11.2. The highest BCUT2D eigenvalue weighted by atomic mass is 16.5. The number of hydrogen-bond donors (Lipinski definition) is 2. The van der Waals surface area contributed by atoms with Crippen LogP contribution in [-0.2, 0) is 9.53 Å². The predicted molar refractivity (Wildman–Crippen MR) is 90.3 cm³/mol. The molecule has 1 aromatic rings. The van der Waals surface area contributed by atoms with E-state index in [9.17, 15) is 9.90 Å². The Morgan fingerprint density at radius 1 is 1.21 bits per heavy atom. The largest absolute Gasteiger partial charge is 0.493 e. The summed E-state index contributed by atoms with van der Waals surface area (Å²) in [6.45, 7) is 0. The van der Waals surface area contributed by atoms with Crippen molar-refractivity contribution in [2.24, 2.45) is 0 Å². The topological polar surface area (TPSA) is 77.0 Å². The molecule has 0 unspecified atom stereocenters. The van der Waals surface area contributed by atoms with Gasteiger partial charge in [-0.3, -0.25) is 4.79 Å². The lowest BCUT2D eigenvalue weighted by Crippen LogP contribution is -2.42. The van der Waals surface area contributed by atoms with Crippen molar-refractivity contribution in [2.45, 2.75) is 50.3 Å². The van der Waals surface area contributed by atoms with Gasteiger partial charge < -0.3 is 24.6 Å². The van der Waals surface area contributed by atoms with E-state index in [4.69, 9.17) is 9.47 Å². The van der Waals surface area contributed by atoms with Crippen LogP contribution in [0.5, 0.6) is 11.5 Å². The molecule has 3 atom stereocenters. The van der Waals surface area contributed by atoms with E-state index in [-0.39, 0.29) is 24.2 Å². The SMILES string of the molecule is COC(=O)CCC[C@@H]1C[C@H](O)C[C@H](c2ccc(OC)c(OC)c2)N1. The highest BCUT2D eigenvalue weighted by Crippen LogP contribution is 2.34. The number of esters is 1. The van der Waals surface area contributed by atoms with Crippen molar-refractivity contribution >= 4 is 5.97 Å². The zero-order chi connectivity index (χ0) is 17.5. The van der Waals surface area contributed by atoms with Gasteiger partial charge in [0.05, 0.1) is 27.4 Å². The molecule has 134 valence electrons. The minimum Gasteiger partial charge on any atom is -0.493 e. The van der Waals surface area contributed by atoms with Gasteiger partial charge >= 0.3 is 5.97 Å². The van der Waals surface area contributed by atoms with Crippen molar-refractivity contribution in [3.05, 3.63) is 23.8 Å². The Hall–Kier alpha value is -1.79. The highest BCUT2D eigenvalue weighted by Gasteiger charge is 2.28. The van der Waals surface area contributed by atoms with E-state index < -0.39 is 0 Å². The Labute approximate surface area is 143 Å². The first-order chi connectivity index (χ1) is 11.6. The Balaban J connectivity index is 2.01. The maximum atomic E-state index is 11.2. The number of carbonyl (C=O) groups excluding carboxylic acids is 1. The second kappa shape index (κ2) is 8.89. The van der Waals surface area contributed by atoms with E-state index in [1.165, 1.54) is 7.11 Å². The van der Waals surface area contributed by atoms with Crippen molar-refractivity contribution in [3.8, 4) is 11.5 Å². The van der Waals surface area contributed by atoms with Gasteiger partial charge in [-0.2, -0.15) is 0 Å². The van der Waals surface area contributed by atoms with Crippen molar-refractivity contribution in [1.82, 2.24) is 5.32 Å². The van der Waals surface area contributed by atoms with Crippen LogP contribution in [0.2, 0.25) is 0 Å². The number of aliphatic hydroxyl groups is 1. The van der Waals surface area contributed by atoms with E-state index in [2.05, 4.69) is 10.1 Å². The van der Waals surface area contributed by atoms with Crippen LogP contribution in [0, 0.1) is 0 Å². The molecular weight excluding hydrogens is 310 g/mol. The van der Waals surface area contributed by atoms with Gasteiger partial charge in [0.15, 0.2) is 11.5 Å². The fraction of sp³-hybridized carbons (Fsp3) is 0.611. The summed E-state index contributed by atoms with van der Waals surface area (Å²) in [7, 11) is 4.62. The summed E-state index contributed by atoms with van der Waals surface area (Å²) in [5.74, 6) is 1.18. The molecule has 1 fully saturated rings. The quantitative estimate of drug-likeness (QED) is 0.743. The fourth-order valence-corrected chi connectivity index (χ4v) is 3.22. The number of aliphatic hydroxyl groups excluding tert-OH is 1. The Bertz CT molecular complexity index is 548. The summed E-state index contributed by atoms with van der Waals surface area (Å²) < 4.78 is 15.3. The van der Waals surface area contributed by atoms with Gasteiger partial charge in [0.1, 0.15) is 0 Å². The van der Waals surface area contributed by atoms with E-state index in [0.29, 0.717) is 30.8 Å². The minimum absolute atomic E-state index is 0.0525. The summed E-state index contributed by atoms with van der Waals surface area (Å²) in [5, 5.41) is 13.8. The number of hydrogen-bond acceptors (Lipinski definition) is 6. The molecule has 1 saturated heterocycles. The Morgan fingerprint density at radius 2 is 1.96 bits per heavy atom. The molecule has 0 bridgehead atoms. The third-order valence-corrected chi connectivity index (χ3v) is 4.47. The molecule has 6 heteroatoms. The lowest BCUT2D eigenvalue weighted by molar-refractivity contribution is -0.140. The molecular formula is C18H27NO5. The number of methoxy groups -OCH3 is 3. The third kappa shape index (κ3) is 4.85. The number of benzene rings is 1. The average molecular weight is 337 g/mol. The second-order valence-corrected chi connectivity index (χ2v) is 6.12. The van der Waals surface area contributed by atoms with Crippen LogP contribution in [0.1, 0.15) is 43.7 Å². The van der Waals surface area contributed by atoms with Crippen molar-refractivity contribution < 1.29 is 24.1 Å². The predicted octanol–water partition coefficient (Wildman–Crippen LogP) is 2.20. The average Bonchev–Trinajstić information content (AvgIpc) is 2.60. The lowest BCUT2D eigenvalue weighted by atomic mass is 9.89. The van der Waals surface area contributed by atoms with E-state index in [1.54, 1.807) is 14.2 Å². The third-order valence-electron chi connectivity index (χ3n) is 4.47. The number of carbonyl (C=O) groups is 1. The van der Waals surface area contributed by atoms with Crippen LogP contribution in [0.3, 0.4) is 0 Å². The first-order valence-corrected chi connectivity index (χ1v) is 8.30. The first kappa shape index (κ1) is 18.5. The summed E-state index contributed by atoms with van der Waals surface area (Å²) in [6.07, 6.45) is 2.98. The molecule has 1 aliphatic rings. The van der Waals surface area contributed by atoms with Crippen molar-refractivity contribution in [1.29, 1.82) is 0 Å². The minimum atomic E-state index is -0.354. The standard InChI is InChI=1S/C18H27NO5/c1-22-16-8-7-12(9-17(16)23-2)15-11-14(20)10-13(19-15)5-4-6-18(21)24-3/h7-9,13-15,19-20H,4-6,10-11H2,1-3H3/t13-,14+,15-/m1/s1. The number of piperidine rings is 1. The lowest BCUT2D eigenvalue weighted by Gasteiger charge is -2.34. The summed E-state index contributed by atoms with van der Waals surface area (Å²) in [5.41, 5.74) is 1.06. The summed E-state index contributed by atoms with van der Waals surface area (Å²) in [4.78, 5) is 11.2. The van der Waals surface area contributed by atoms with Crippen molar-refractivity contribution in [3.63, 3.8) is 0 Å². The summed E-state index contributed by atoms with van der Waals surface area (Å²) in [6, 6.07) is 6.04. The smallest absolute Gasteiger partial charge is 0.305 e. The normalized spacial score (nSPS) is 23.6. The van der Waals surface area contributed by atoms with Gasteiger partial charge in [-0.1, -0.05) is 6.07 Å². The molecule has 1 heterocycles. The molecule has 0 aliphatic carbocycles. The molecule has 0 spiro atoms. The van der Waals surface area contributed by atoms with E-state index in [0.717, 1.165) is 18.4 Å². The van der Waals surface area contributed by atoms with E-state index in [1.807, 2.05) is 18.2 Å². The van der Waals surface area contributed by atoms with Gasteiger partial charge in [0.25, 0.3) is 0 Å². The molecule has 6 nitrogen and oxygen atoms in total. The first-order valence-electron chi connectivity index (χ1n) is 8.30. The summed E-state index contributed by atoms with van der Waals surface area (Å²) >= 11 is 0. The Kier molecular flexibility index (Phi) is 6.87. The molecule has 2 rings (SSSR count). The molecule has 0 saturated carbocycles. The van der Waals surface area contributed by atoms with Crippen LogP contribution >= 0.6 is 0 Å². The van der Waals surface area contributed by atoms with Crippen LogP contribution in [0.4, 0.5) is 0 Å². The molecule has 24 heavy (non-hydrogen) atoms. The molecule has 1 aliphatic heterocycles. The molecule has 0 amide bonds. The zero-order valence-electron chi connectivity index (χ0n) is 14.6. The number of nitrogens with one attached hydrogen (secondary N) is 1. The molecule has 0 radical (unpaired) electrons. The molecule has 0 aromatic heterocycles. The fourth-order valence-electron chi connectivity index (χ4n) is 3.22. The molecule has 2 N–H and O–H groups in total. The van der Waals surface area contributed by atoms with Crippen LogP contribution < -0.4 is 14.8 Å².